The van der Waals surface area contributed by atoms with Gasteiger partial charge in [0.2, 0.25) is 0 Å². The number of methoxy groups -OCH3 is 2. The van der Waals surface area contributed by atoms with Gasteiger partial charge in [-0.1, -0.05) is 40.9 Å². The Kier molecular flexibility index (Phi) is 6.02. The van der Waals surface area contributed by atoms with Gasteiger partial charge in [0, 0.05) is 22.2 Å². The van der Waals surface area contributed by atoms with Crippen molar-refractivity contribution in [2.24, 2.45) is 0 Å². The summed E-state index contributed by atoms with van der Waals surface area (Å²) in [4.78, 5) is 38.6. The highest BCUT2D eigenvalue weighted by molar-refractivity contribution is 6.40. The van der Waals surface area contributed by atoms with Crippen LogP contribution in [-0.2, 0) is 9.59 Å². The summed E-state index contributed by atoms with van der Waals surface area (Å²) in [7, 11) is 2.73. The van der Waals surface area contributed by atoms with Crippen LogP contribution in [-0.4, -0.2) is 32.1 Å². The normalized spacial score (nSPS) is 15.6. The van der Waals surface area contributed by atoms with E-state index in [2.05, 4.69) is 5.32 Å². The molecule has 0 aromatic heterocycles. The number of ether oxygens (including phenoxy) is 2. The van der Waals surface area contributed by atoms with E-state index in [0.717, 1.165) is 4.90 Å². The molecule has 10 heteroatoms. The zero-order chi connectivity index (χ0) is 21.3. The van der Waals surface area contributed by atoms with Crippen LogP contribution in [0.1, 0.15) is 5.56 Å². The lowest BCUT2D eigenvalue weighted by Gasteiger charge is -2.28. The van der Waals surface area contributed by atoms with Crippen LogP contribution >= 0.6 is 34.8 Å². The summed E-state index contributed by atoms with van der Waals surface area (Å²) in [5.41, 5.74) is 0.131. The van der Waals surface area contributed by atoms with Gasteiger partial charge >= 0.3 is 6.03 Å². The molecule has 1 aliphatic rings. The number of imide groups is 2. The topological polar surface area (TPSA) is 84.9 Å². The van der Waals surface area contributed by atoms with E-state index in [1.807, 2.05) is 0 Å². The van der Waals surface area contributed by atoms with E-state index in [0.29, 0.717) is 10.6 Å². The number of amides is 4. The molecular weight excluding hydrogens is 443 g/mol. The third kappa shape index (κ3) is 4.03. The minimum Gasteiger partial charge on any atom is -0.495 e. The summed E-state index contributed by atoms with van der Waals surface area (Å²) in [6.45, 7) is 0. The van der Waals surface area contributed by atoms with Crippen LogP contribution in [0.4, 0.5) is 10.5 Å². The molecule has 0 atom stereocenters. The summed E-state index contributed by atoms with van der Waals surface area (Å²) >= 11 is 18.1. The Hall–Kier alpha value is -2.74. The van der Waals surface area contributed by atoms with Gasteiger partial charge in [0.1, 0.15) is 17.1 Å². The Morgan fingerprint density at radius 2 is 1.62 bits per heavy atom. The van der Waals surface area contributed by atoms with Crippen molar-refractivity contribution in [1.29, 1.82) is 0 Å². The van der Waals surface area contributed by atoms with Crippen LogP contribution in [0.5, 0.6) is 11.5 Å². The Labute approximate surface area is 180 Å². The molecule has 29 heavy (non-hydrogen) atoms. The predicted octanol–water partition coefficient (Wildman–Crippen LogP) is 4.33. The molecule has 0 saturated carbocycles. The maximum atomic E-state index is 13.1. The predicted molar refractivity (Wildman–Crippen MR) is 110 cm³/mol. The number of nitrogens with one attached hydrogen (secondary N) is 1. The van der Waals surface area contributed by atoms with Gasteiger partial charge in [-0.25, -0.2) is 9.69 Å². The number of rotatable bonds is 4. The smallest absolute Gasteiger partial charge is 0.336 e. The van der Waals surface area contributed by atoms with Crippen molar-refractivity contribution in [3.05, 3.63) is 56.5 Å². The Bertz CT molecular complexity index is 1070. The molecule has 0 aliphatic carbocycles. The van der Waals surface area contributed by atoms with Crippen LogP contribution in [0.3, 0.4) is 0 Å². The monoisotopic (exact) mass is 454 g/mol. The second-order valence-electron chi connectivity index (χ2n) is 5.78. The maximum absolute atomic E-state index is 13.1. The highest BCUT2D eigenvalue weighted by Gasteiger charge is 2.38. The Balaban J connectivity index is 2.12. The van der Waals surface area contributed by atoms with Crippen LogP contribution in [0, 0.1) is 0 Å². The van der Waals surface area contributed by atoms with Crippen LogP contribution in [0.15, 0.2) is 35.9 Å². The third-order valence-electron chi connectivity index (χ3n) is 4.06. The molecule has 0 spiro atoms. The summed E-state index contributed by atoms with van der Waals surface area (Å²) in [5.74, 6) is -1.38. The number of nitrogens with zero attached hydrogens (tertiary/aromatic N) is 1. The molecule has 3 rings (SSSR count). The fourth-order valence-electron chi connectivity index (χ4n) is 2.67. The molecule has 1 heterocycles. The van der Waals surface area contributed by atoms with Gasteiger partial charge < -0.3 is 9.47 Å². The first-order valence-corrected chi connectivity index (χ1v) is 9.18. The molecule has 2 aromatic rings. The third-order valence-corrected chi connectivity index (χ3v) is 4.92. The number of carbonyl (C=O) groups excluding carboxylic acids is 3. The average molecular weight is 456 g/mol. The van der Waals surface area contributed by atoms with Crippen molar-refractivity contribution >= 4 is 64.4 Å². The molecule has 0 unspecified atom stereocenters. The van der Waals surface area contributed by atoms with E-state index in [-0.39, 0.29) is 32.8 Å². The molecule has 0 bridgehead atoms. The molecule has 1 aliphatic heterocycles. The Morgan fingerprint density at radius 3 is 2.24 bits per heavy atom. The van der Waals surface area contributed by atoms with Gasteiger partial charge in [-0.15, -0.1) is 0 Å². The van der Waals surface area contributed by atoms with E-state index >= 15 is 0 Å². The summed E-state index contributed by atoms with van der Waals surface area (Å²) in [6, 6.07) is 6.39. The molecule has 150 valence electrons. The van der Waals surface area contributed by atoms with Crippen LogP contribution < -0.4 is 19.7 Å². The average Bonchev–Trinajstić information content (AvgIpc) is 2.67. The van der Waals surface area contributed by atoms with Gasteiger partial charge in [0.15, 0.2) is 0 Å². The van der Waals surface area contributed by atoms with E-state index in [9.17, 15) is 14.4 Å². The number of halogens is 3. The first kappa shape index (κ1) is 21.0. The van der Waals surface area contributed by atoms with Crippen molar-refractivity contribution in [2.45, 2.75) is 0 Å². The molecule has 7 nitrogen and oxygen atoms in total. The fourth-order valence-corrected chi connectivity index (χ4v) is 3.36. The molecular formula is C19H13Cl3N2O5. The van der Waals surface area contributed by atoms with Crippen LogP contribution in [0.2, 0.25) is 15.1 Å². The van der Waals surface area contributed by atoms with E-state index in [4.69, 9.17) is 44.3 Å². The lowest BCUT2D eigenvalue weighted by Crippen LogP contribution is -2.54. The largest absolute Gasteiger partial charge is 0.495 e. The maximum Gasteiger partial charge on any atom is 0.336 e. The molecule has 1 saturated heterocycles. The molecule has 2 aromatic carbocycles. The second kappa shape index (κ2) is 8.32. The lowest BCUT2D eigenvalue weighted by molar-refractivity contribution is -0.122. The first-order valence-electron chi connectivity index (χ1n) is 8.04. The number of anilines is 1. The van der Waals surface area contributed by atoms with Gasteiger partial charge in [-0.3, -0.25) is 14.9 Å². The lowest BCUT2D eigenvalue weighted by atomic mass is 10.1. The standard InChI is InChI=1S/C19H13Cl3N2O5/c1-28-15-8-14(16(29-2)7-13(15)22)24-18(26)11(17(25)23-19(24)27)5-9-3-4-10(20)6-12(9)21/h3-8H,1-2H3,(H,23,25,27)/b11-5+. The number of hydrogen-bond acceptors (Lipinski definition) is 5. The minimum atomic E-state index is -0.943. The minimum absolute atomic E-state index is 0.0526. The van der Waals surface area contributed by atoms with E-state index < -0.39 is 17.8 Å². The van der Waals surface area contributed by atoms with Crippen molar-refractivity contribution < 1.29 is 23.9 Å². The molecule has 1 fully saturated rings. The first-order chi connectivity index (χ1) is 13.8. The number of hydrogen-bond donors (Lipinski definition) is 1. The van der Waals surface area contributed by atoms with Crippen molar-refractivity contribution in [1.82, 2.24) is 5.32 Å². The van der Waals surface area contributed by atoms with Crippen LogP contribution in [0.25, 0.3) is 6.08 Å². The van der Waals surface area contributed by atoms with Crippen molar-refractivity contribution in [3.8, 4) is 11.5 Å². The molecule has 0 radical (unpaired) electrons. The quantitative estimate of drug-likeness (QED) is 0.548. The van der Waals surface area contributed by atoms with Gasteiger partial charge in [0.05, 0.1) is 24.9 Å². The zero-order valence-electron chi connectivity index (χ0n) is 15.1. The highest BCUT2D eigenvalue weighted by Crippen LogP contribution is 2.39. The number of urea groups is 1. The number of benzene rings is 2. The molecule has 1 N–H and O–H groups in total. The van der Waals surface area contributed by atoms with Crippen molar-refractivity contribution in [3.63, 3.8) is 0 Å². The summed E-state index contributed by atoms with van der Waals surface area (Å²) in [6.07, 6.45) is 1.27. The van der Waals surface area contributed by atoms with E-state index in [1.165, 1.54) is 38.5 Å². The number of barbiturate groups is 1. The van der Waals surface area contributed by atoms with Crippen molar-refractivity contribution in [2.75, 3.05) is 19.1 Å². The van der Waals surface area contributed by atoms with Gasteiger partial charge in [-0.2, -0.15) is 0 Å². The molecule has 4 amide bonds. The fraction of sp³-hybridized carbons (Fsp3) is 0.105. The zero-order valence-corrected chi connectivity index (χ0v) is 17.4. The second-order valence-corrected chi connectivity index (χ2v) is 7.03. The summed E-state index contributed by atoms with van der Waals surface area (Å²) < 4.78 is 10.4. The van der Waals surface area contributed by atoms with E-state index in [1.54, 1.807) is 12.1 Å². The van der Waals surface area contributed by atoms with Gasteiger partial charge in [0.25, 0.3) is 11.8 Å². The Morgan fingerprint density at radius 1 is 0.931 bits per heavy atom. The number of carbonyl (C=O) groups is 3. The highest BCUT2D eigenvalue weighted by atomic mass is 35.5. The summed E-state index contributed by atoms with van der Waals surface area (Å²) in [5, 5.41) is 2.97. The SMILES string of the molecule is COc1cc(N2C(=O)NC(=O)/C(=C\c3ccc(Cl)cc3Cl)C2=O)c(OC)cc1Cl. The van der Waals surface area contributed by atoms with Gasteiger partial charge in [-0.05, 0) is 23.8 Å².